The summed E-state index contributed by atoms with van der Waals surface area (Å²) in [6.07, 6.45) is 0.621. The molecule has 5 nitrogen and oxygen atoms in total. The minimum atomic E-state index is -1.20. The van der Waals surface area contributed by atoms with Gasteiger partial charge >= 0.3 is 0 Å². The van der Waals surface area contributed by atoms with Gasteiger partial charge in [0.05, 0.1) is 0 Å². The molecule has 0 radical (unpaired) electrons. The smallest absolute Gasteiger partial charge is 0.237 e. The van der Waals surface area contributed by atoms with Crippen molar-refractivity contribution in [3.63, 3.8) is 0 Å². The quantitative estimate of drug-likeness (QED) is 0.627. The molecule has 7 heteroatoms. The van der Waals surface area contributed by atoms with Crippen LogP contribution in [0.4, 0.5) is 0 Å². The molecule has 0 aliphatic heterocycles. The Kier molecular flexibility index (Phi) is 4.52. The zero-order valence-corrected chi connectivity index (χ0v) is 12.0. The standard InChI is InChI=1S/C13H10Cl2N2O3/c1-2-9-16-13(17-20-9)8-5-3-4-7(6-8)10(11(14)18)12(15)19/h3-6,10H,2H2,1H3. The largest absolute Gasteiger partial charge is 0.339 e. The highest BCUT2D eigenvalue weighted by molar-refractivity contribution is 6.74. The number of hydrogen-bond donors (Lipinski definition) is 0. The number of carbonyl (C=O) groups excluding carboxylic acids is 2. The molecule has 0 fully saturated rings. The van der Waals surface area contributed by atoms with Gasteiger partial charge in [0.15, 0.2) is 0 Å². The number of halogens is 2. The van der Waals surface area contributed by atoms with Crippen molar-refractivity contribution in [3.8, 4) is 11.4 Å². The number of aryl methyl sites for hydroxylation is 1. The van der Waals surface area contributed by atoms with Crippen LogP contribution in [-0.4, -0.2) is 20.6 Å². The van der Waals surface area contributed by atoms with E-state index < -0.39 is 16.4 Å². The molecule has 1 heterocycles. The highest BCUT2D eigenvalue weighted by atomic mass is 35.5. The maximum atomic E-state index is 11.3. The fourth-order valence-corrected chi connectivity index (χ4v) is 2.23. The molecular weight excluding hydrogens is 303 g/mol. The Bertz CT molecular complexity index is 641. The third-order valence-corrected chi connectivity index (χ3v) is 3.14. The summed E-state index contributed by atoms with van der Waals surface area (Å²) in [4.78, 5) is 26.8. The van der Waals surface area contributed by atoms with Crippen LogP contribution in [0.2, 0.25) is 0 Å². The van der Waals surface area contributed by atoms with E-state index in [0.717, 1.165) is 0 Å². The molecule has 0 saturated heterocycles. The summed E-state index contributed by atoms with van der Waals surface area (Å²) in [6, 6.07) is 6.59. The van der Waals surface area contributed by atoms with Gasteiger partial charge in [0, 0.05) is 12.0 Å². The first-order chi connectivity index (χ1) is 9.52. The number of rotatable bonds is 5. The van der Waals surface area contributed by atoms with Gasteiger partial charge in [-0.1, -0.05) is 30.3 Å². The summed E-state index contributed by atoms with van der Waals surface area (Å²) in [7, 11) is 0. The van der Waals surface area contributed by atoms with Gasteiger partial charge in [-0.2, -0.15) is 4.98 Å². The summed E-state index contributed by atoms with van der Waals surface area (Å²) in [5.41, 5.74) is 1.01. The Morgan fingerprint density at radius 2 is 2.00 bits per heavy atom. The van der Waals surface area contributed by atoms with E-state index in [1.165, 1.54) is 0 Å². The number of hydrogen-bond acceptors (Lipinski definition) is 5. The number of benzene rings is 1. The van der Waals surface area contributed by atoms with Gasteiger partial charge in [-0.25, -0.2) is 0 Å². The van der Waals surface area contributed by atoms with Crippen molar-refractivity contribution in [1.29, 1.82) is 0 Å². The summed E-state index contributed by atoms with van der Waals surface area (Å²) in [6.45, 7) is 1.89. The average molecular weight is 313 g/mol. The van der Waals surface area contributed by atoms with Crippen LogP contribution >= 0.6 is 23.2 Å². The van der Waals surface area contributed by atoms with Gasteiger partial charge in [0.25, 0.3) is 0 Å². The lowest BCUT2D eigenvalue weighted by Crippen LogP contribution is -2.13. The number of nitrogens with zero attached hydrogens (tertiary/aromatic N) is 2. The topological polar surface area (TPSA) is 73.1 Å². The van der Waals surface area contributed by atoms with Crippen LogP contribution in [0.3, 0.4) is 0 Å². The molecule has 0 aliphatic rings. The highest BCUT2D eigenvalue weighted by Crippen LogP contribution is 2.26. The molecule has 0 aliphatic carbocycles. The van der Waals surface area contributed by atoms with Gasteiger partial charge in [-0.3, -0.25) is 9.59 Å². The van der Waals surface area contributed by atoms with E-state index in [9.17, 15) is 9.59 Å². The Morgan fingerprint density at radius 1 is 1.30 bits per heavy atom. The van der Waals surface area contributed by atoms with E-state index in [1.54, 1.807) is 24.3 Å². The monoisotopic (exact) mass is 312 g/mol. The maximum absolute atomic E-state index is 11.3. The second kappa shape index (κ2) is 6.15. The average Bonchev–Trinajstić information content (AvgIpc) is 2.87. The van der Waals surface area contributed by atoms with Crippen LogP contribution in [0.1, 0.15) is 24.3 Å². The first-order valence-electron chi connectivity index (χ1n) is 5.84. The first-order valence-corrected chi connectivity index (χ1v) is 6.60. The first kappa shape index (κ1) is 14.7. The lowest BCUT2D eigenvalue weighted by Gasteiger charge is -2.08. The fourth-order valence-electron chi connectivity index (χ4n) is 1.72. The number of aromatic nitrogens is 2. The summed E-state index contributed by atoms with van der Waals surface area (Å²) < 4.78 is 5.02. The van der Waals surface area contributed by atoms with Gasteiger partial charge in [0.1, 0.15) is 5.92 Å². The lowest BCUT2D eigenvalue weighted by atomic mass is 9.99. The molecule has 2 aromatic rings. The zero-order valence-electron chi connectivity index (χ0n) is 10.5. The Labute approximate surface area is 124 Å². The van der Waals surface area contributed by atoms with E-state index in [2.05, 4.69) is 10.1 Å². The van der Waals surface area contributed by atoms with Crippen molar-refractivity contribution in [1.82, 2.24) is 10.1 Å². The van der Waals surface area contributed by atoms with E-state index >= 15 is 0 Å². The SMILES string of the molecule is CCc1nc(-c2cccc(C(C(=O)Cl)C(=O)Cl)c2)no1. The second-order valence-corrected chi connectivity index (χ2v) is 4.78. The van der Waals surface area contributed by atoms with E-state index in [0.29, 0.717) is 29.3 Å². The lowest BCUT2D eigenvalue weighted by molar-refractivity contribution is -0.120. The summed E-state index contributed by atoms with van der Waals surface area (Å²) in [5.74, 6) is -0.314. The van der Waals surface area contributed by atoms with E-state index in [1.807, 2.05) is 6.92 Å². The minimum absolute atomic E-state index is 0.381. The van der Waals surface area contributed by atoms with Crippen molar-refractivity contribution in [3.05, 3.63) is 35.7 Å². The van der Waals surface area contributed by atoms with Crippen LogP contribution in [0.5, 0.6) is 0 Å². The summed E-state index contributed by atoms with van der Waals surface area (Å²) >= 11 is 10.8. The van der Waals surface area contributed by atoms with Crippen LogP contribution < -0.4 is 0 Å². The highest BCUT2D eigenvalue weighted by Gasteiger charge is 2.26. The Balaban J connectivity index is 2.41. The van der Waals surface area contributed by atoms with Gasteiger partial charge in [-0.15, -0.1) is 0 Å². The molecule has 1 aromatic carbocycles. The molecule has 104 valence electrons. The van der Waals surface area contributed by atoms with Gasteiger partial charge < -0.3 is 4.52 Å². The predicted octanol–water partition coefficient (Wildman–Crippen LogP) is 2.91. The molecule has 0 amide bonds. The van der Waals surface area contributed by atoms with Crippen molar-refractivity contribution >= 4 is 33.7 Å². The zero-order chi connectivity index (χ0) is 14.7. The van der Waals surface area contributed by atoms with Crippen LogP contribution in [0, 0.1) is 0 Å². The Morgan fingerprint density at radius 3 is 2.55 bits per heavy atom. The molecule has 2 rings (SSSR count). The Hall–Kier alpha value is -1.72. The fraction of sp³-hybridized carbons (Fsp3) is 0.231. The summed E-state index contributed by atoms with van der Waals surface area (Å²) in [5, 5.41) is 2.17. The van der Waals surface area contributed by atoms with Gasteiger partial charge in [-0.05, 0) is 34.8 Å². The third kappa shape index (κ3) is 3.05. The molecule has 20 heavy (non-hydrogen) atoms. The van der Waals surface area contributed by atoms with Crippen molar-refractivity contribution in [2.45, 2.75) is 19.3 Å². The predicted molar refractivity (Wildman–Crippen MR) is 73.6 cm³/mol. The third-order valence-electron chi connectivity index (χ3n) is 2.70. The van der Waals surface area contributed by atoms with Crippen LogP contribution in [0.15, 0.2) is 28.8 Å². The molecular formula is C13H10Cl2N2O3. The van der Waals surface area contributed by atoms with Crippen molar-refractivity contribution in [2.75, 3.05) is 0 Å². The molecule has 1 aromatic heterocycles. The molecule has 0 bridgehead atoms. The molecule has 0 N–H and O–H groups in total. The van der Waals surface area contributed by atoms with Crippen molar-refractivity contribution < 1.29 is 14.1 Å². The molecule has 0 atom stereocenters. The van der Waals surface area contributed by atoms with Gasteiger partial charge in [0.2, 0.25) is 22.2 Å². The normalized spacial score (nSPS) is 10.8. The van der Waals surface area contributed by atoms with Crippen LogP contribution in [-0.2, 0) is 16.0 Å². The minimum Gasteiger partial charge on any atom is -0.339 e. The maximum Gasteiger partial charge on any atom is 0.237 e. The van der Waals surface area contributed by atoms with Crippen molar-refractivity contribution in [2.24, 2.45) is 0 Å². The molecule has 0 spiro atoms. The van der Waals surface area contributed by atoms with E-state index in [-0.39, 0.29) is 0 Å². The molecule has 0 saturated carbocycles. The van der Waals surface area contributed by atoms with E-state index in [4.69, 9.17) is 27.7 Å². The number of carbonyl (C=O) groups is 2. The molecule has 0 unspecified atom stereocenters. The van der Waals surface area contributed by atoms with Crippen LogP contribution in [0.25, 0.3) is 11.4 Å². The second-order valence-electron chi connectivity index (χ2n) is 4.03.